The molecule has 112 valence electrons. The van der Waals surface area contributed by atoms with Crippen LogP contribution in [0.25, 0.3) is 0 Å². The maximum absolute atomic E-state index is 11.3. The minimum Gasteiger partial charge on any atom is -0.489 e. The largest absolute Gasteiger partial charge is 0.489 e. The number of hydrogen-bond acceptors (Lipinski definition) is 4. The summed E-state index contributed by atoms with van der Waals surface area (Å²) in [5.41, 5.74) is 1.22. The van der Waals surface area contributed by atoms with Crippen molar-refractivity contribution in [3.63, 3.8) is 0 Å². The van der Waals surface area contributed by atoms with Gasteiger partial charge in [-0.05, 0) is 31.4 Å². The quantitative estimate of drug-likeness (QED) is 0.919. The predicted octanol–water partition coefficient (Wildman–Crippen LogP) is 1.82. The van der Waals surface area contributed by atoms with Crippen molar-refractivity contribution in [1.82, 2.24) is 4.90 Å². The third-order valence-electron chi connectivity index (χ3n) is 4.81. The summed E-state index contributed by atoms with van der Waals surface area (Å²) in [5.74, 6) is -0.374. The Kier molecular flexibility index (Phi) is 3.03. The fourth-order valence-corrected chi connectivity index (χ4v) is 3.61. The van der Waals surface area contributed by atoms with Crippen LogP contribution in [-0.4, -0.2) is 54.3 Å². The molecule has 0 aromatic heterocycles. The molecular formula is C16H20N2O3. The van der Waals surface area contributed by atoms with Crippen molar-refractivity contribution in [3.05, 3.63) is 23.8 Å². The van der Waals surface area contributed by atoms with Crippen molar-refractivity contribution < 1.29 is 14.6 Å². The summed E-state index contributed by atoms with van der Waals surface area (Å²) in [7, 11) is 0. The third-order valence-corrected chi connectivity index (χ3v) is 4.81. The first-order chi connectivity index (χ1) is 10.2. The van der Waals surface area contributed by atoms with Gasteiger partial charge in [-0.1, -0.05) is 6.07 Å². The normalized spacial score (nSPS) is 25.5. The van der Waals surface area contributed by atoms with Gasteiger partial charge < -0.3 is 14.7 Å². The molecular weight excluding hydrogens is 268 g/mol. The van der Waals surface area contributed by atoms with Crippen molar-refractivity contribution in [1.29, 1.82) is 0 Å². The first-order valence-corrected chi connectivity index (χ1v) is 7.74. The second-order valence-electron chi connectivity index (χ2n) is 6.17. The number of nitrogens with zero attached hydrogens (tertiary/aromatic N) is 2. The van der Waals surface area contributed by atoms with Gasteiger partial charge in [-0.2, -0.15) is 0 Å². The molecule has 0 spiro atoms. The summed E-state index contributed by atoms with van der Waals surface area (Å²) in [5, 5.41) is 9.31. The Morgan fingerprint density at radius 2 is 2.05 bits per heavy atom. The summed E-state index contributed by atoms with van der Waals surface area (Å²) in [6.45, 7) is 3.68. The summed E-state index contributed by atoms with van der Waals surface area (Å²) in [6.07, 6.45) is 3.85. The number of anilines is 1. The number of carboxylic acid groups (broad SMARTS) is 1. The lowest BCUT2D eigenvalue weighted by Gasteiger charge is -2.36. The molecule has 2 aliphatic heterocycles. The molecule has 0 bridgehead atoms. The minimum atomic E-state index is -0.917. The molecule has 3 aliphatic rings. The Morgan fingerprint density at radius 1 is 1.19 bits per heavy atom. The molecule has 2 heterocycles. The van der Waals surface area contributed by atoms with Gasteiger partial charge in [-0.15, -0.1) is 0 Å². The molecule has 4 rings (SSSR count). The Bertz CT molecular complexity index is 571. The maximum Gasteiger partial charge on any atom is 0.339 e. The van der Waals surface area contributed by atoms with E-state index in [1.807, 2.05) is 12.1 Å². The van der Waals surface area contributed by atoms with Crippen LogP contribution in [0.15, 0.2) is 18.2 Å². The van der Waals surface area contributed by atoms with Gasteiger partial charge in [-0.3, -0.25) is 4.90 Å². The van der Waals surface area contributed by atoms with E-state index in [-0.39, 0.29) is 5.56 Å². The van der Waals surface area contributed by atoms with Gasteiger partial charge in [-0.25, -0.2) is 4.79 Å². The highest BCUT2D eigenvalue weighted by atomic mass is 16.5. The lowest BCUT2D eigenvalue weighted by atomic mass is 10.1. The summed E-state index contributed by atoms with van der Waals surface area (Å²) >= 11 is 0. The highest BCUT2D eigenvalue weighted by molar-refractivity contribution is 5.93. The standard InChI is InChI=1S/C16H20N2O3/c19-16(20)13-2-1-3-14-15(13)21-9-8-18(14)12-6-7-17(10-12)11-4-5-11/h1-3,11-12H,4-10H2,(H,19,20). The zero-order valence-corrected chi connectivity index (χ0v) is 12.0. The van der Waals surface area contributed by atoms with Crippen LogP contribution in [-0.2, 0) is 0 Å². The molecule has 1 aromatic carbocycles. The minimum absolute atomic E-state index is 0.272. The van der Waals surface area contributed by atoms with E-state index in [4.69, 9.17) is 4.74 Å². The smallest absolute Gasteiger partial charge is 0.339 e. The molecule has 0 amide bonds. The third kappa shape index (κ3) is 2.25. The summed E-state index contributed by atoms with van der Waals surface area (Å²) < 4.78 is 5.66. The summed E-state index contributed by atoms with van der Waals surface area (Å²) in [6, 6.07) is 6.71. The van der Waals surface area contributed by atoms with E-state index in [0.29, 0.717) is 18.4 Å². The number of rotatable bonds is 3. The van der Waals surface area contributed by atoms with E-state index in [2.05, 4.69) is 9.80 Å². The van der Waals surface area contributed by atoms with Crippen LogP contribution in [0.5, 0.6) is 5.75 Å². The average Bonchev–Trinajstić information content (AvgIpc) is 3.23. The molecule has 0 radical (unpaired) electrons. The number of ether oxygens (including phenoxy) is 1. The Balaban J connectivity index is 1.61. The second kappa shape index (κ2) is 4.91. The number of para-hydroxylation sites is 1. The predicted molar refractivity (Wildman–Crippen MR) is 79.2 cm³/mol. The zero-order chi connectivity index (χ0) is 14.4. The van der Waals surface area contributed by atoms with E-state index in [1.165, 1.54) is 19.4 Å². The molecule has 21 heavy (non-hydrogen) atoms. The van der Waals surface area contributed by atoms with Crippen LogP contribution in [0.3, 0.4) is 0 Å². The Hall–Kier alpha value is -1.75. The molecule has 1 aliphatic carbocycles. The van der Waals surface area contributed by atoms with Crippen molar-refractivity contribution in [2.45, 2.75) is 31.3 Å². The number of benzene rings is 1. The fraction of sp³-hybridized carbons (Fsp3) is 0.562. The van der Waals surface area contributed by atoms with Gasteiger partial charge in [0.25, 0.3) is 0 Å². The van der Waals surface area contributed by atoms with E-state index in [1.54, 1.807) is 6.07 Å². The fourth-order valence-electron chi connectivity index (χ4n) is 3.61. The van der Waals surface area contributed by atoms with Crippen LogP contribution in [0, 0.1) is 0 Å². The summed E-state index contributed by atoms with van der Waals surface area (Å²) in [4.78, 5) is 16.3. The zero-order valence-electron chi connectivity index (χ0n) is 12.0. The number of aromatic carboxylic acids is 1. The van der Waals surface area contributed by atoms with Gasteiger partial charge in [0.05, 0.1) is 12.2 Å². The number of likely N-dealkylation sites (tertiary alicyclic amines) is 1. The Labute approximate surface area is 124 Å². The van der Waals surface area contributed by atoms with E-state index in [9.17, 15) is 9.90 Å². The second-order valence-corrected chi connectivity index (χ2v) is 6.17. The maximum atomic E-state index is 11.3. The first-order valence-electron chi connectivity index (χ1n) is 7.74. The van der Waals surface area contributed by atoms with E-state index >= 15 is 0 Å². The SMILES string of the molecule is O=C(O)c1cccc2c1OCCN2C1CCN(C2CC2)C1. The van der Waals surface area contributed by atoms with Crippen LogP contribution in [0.1, 0.15) is 29.6 Å². The van der Waals surface area contributed by atoms with Crippen molar-refractivity contribution in [2.75, 3.05) is 31.1 Å². The number of hydrogen-bond donors (Lipinski definition) is 1. The van der Waals surface area contributed by atoms with Crippen LogP contribution >= 0.6 is 0 Å². The van der Waals surface area contributed by atoms with Gasteiger partial charge in [0.1, 0.15) is 12.2 Å². The van der Waals surface area contributed by atoms with Gasteiger partial charge >= 0.3 is 5.97 Å². The van der Waals surface area contributed by atoms with E-state index < -0.39 is 5.97 Å². The van der Waals surface area contributed by atoms with Gasteiger partial charge in [0.2, 0.25) is 0 Å². The first kappa shape index (κ1) is 13.0. The van der Waals surface area contributed by atoms with Crippen LogP contribution < -0.4 is 9.64 Å². The van der Waals surface area contributed by atoms with Crippen molar-refractivity contribution in [2.24, 2.45) is 0 Å². The molecule has 1 unspecified atom stereocenters. The monoisotopic (exact) mass is 288 g/mol. The lowest BCUT2D eigenvalue weighted by molar-refractivity contribution is 0.0692. The topological polar surface area (TPSA) is 53.0 Å². The molecule has 5 heteroatoms. The lowest BCUT2D eigenvalue weighted by Crippen LogP contribution is -2.43. The molecule has 2 fully saturated rings. The van der Waals surface area contributed by atoms with Crippen LogP contribution in [0.2, 0.25) is 0 Å². The van der Waals surface area contributed by atoms with Crippen molar-refractivity contribution >= 4 is 11.7 Å². The molecule has 1 N–H and O–H groups in total. The number of carboxylic acids is 1. The van der Waals surface area contributed by atoms with Gasteiger partial charge in [0.15, 0.2) is 5.75 Å². The number of fused-ring (bicyclic) bond motifs is 1. The molecule has 1 saturated carbocycles. The molecule has 5 nitrogen and oxygen atoms in total. The highest BCUT2D eigenvalue weighted by Gasteiger charge is 2.38. The van der Waals surface area contributed by atoms with Gasteiger partial charge in [0, 0.05) is 25.2 Å². The number of carbonyl (C=O) groups is 1. The average molecular weight is 288 g/mol. The van der Waals surface area contributed by atoms with Crippen molar-refractivity contribution in [3.8, 4) is 5.75 Å². The molecule has 1 aromatic rings. The molecule has 1 saturated heterocycles. The highest BCUT2D eigenvalue weighted by Crippen LogP contribution is 2.39. The van der Waals surface area contributed by atoms with E-state index in [0.717, 1.165) is 31.2 Å². The molecule has 1 atom stereocenters. The Morgan fingerprint density at radius 3 is 2.81 bits per heavy atom. The van der Waals surface area contributed by atoms with Crippen LogP contribution in [0.4, 0.5) is 5.69 Å².